The minimum atomic E-state index is -0.369. The lowest BCUT2D eigenvalue weighted by Gasteiger charge is -2.14. The summed E-state index contributed by atoms with van der Waals surface area (Å²) >= 11 is 7.45. The lowest BCUT2D eigenvalue weighted by atomic mass is 10.2. The van der Waals surface area contributed by atoms with Crippen molar-refractivity contribution in [1.82, 2.24) is 0 Å². The summed E-state index contributed by atoms with van der Waals surface area (Å²) in [5, 5.41) is 0.591. The Hall–Kier alpha value is -2.64. The molecule has 0 saturated heterocycles. The van der Waals surface area contributed by atoms with Crippen molar-refractivity contribution >= 4 is 40.5 Å². The maximum atomic E-state index is 11.7. The van der Waals surface area contributed by atoms with Gasteiger partial charge in [0.25, 0.3) is 5.91 Å². The molecular weight excluding hydrogens is 388 g/mol. The van der Waals surface area contributed by atoms with Gasteiger partial charge in [-0.25, -0.2) is 0 Å². The second kappa shape index (κ2) is 8.83. The van der Waals surface area contributed by atoms with Crippen LogP contribution in [0, 0.1) is 0 Å². The van der Waals surface area contributed by atoms with Gasteiger partial charge < -0.3 is 19.9 Å². The lowest BCUT2D eigenvalue weighted by Crippen LogP contribution is -2.10. The largest absolute Gasteiger partial charge is 0.493 e. The number of carbonyl (C=O) groups is 1. The fraction of sp³-hybridized carbons (Fsp3) is 0.158. The average molecular weight is 405 g/mol. The number of hydrogen-bond donors (Lipinski definition) is 1. The fourth-order valence-corrected chi connectivity index (χ4v) is 3.32. The summed E-state index contributed by atoms with van der Waals surface area (Å²) in [6, 6.07) is 12.9. The fourth-order valence-electron chi connectivity index (χ4n) is 2.36. The SMILES string of the molecule is COc1cc(C=C2SC(N)=NC2=O)cc(Cl)c1OCCOc1ccccc1. The average Bonchev–Trinajstić information content (AvgIpc) is 2.97. The van der Waals surface area contributed by atoms with Gasteiger partial charge in [-0.3, -0.25) is 4.79 Å². The Morgan fingerprint density at radius 3 is 2.59 bits per heavy atom. The molecule has 1 amide bonds. The van der Waals surface area contributed by atoms with Gasteiger partial charge in [0.2, 0.25) is 0 Å². The summed E-state index contributed by atoms with van der Waals surface area (Å²) in [5.41, 5.74) is 6.24. The first-order valence-corrected chi connectivity index (χ1v) is 9.22. The molecule has 0 fully saturated rings. The smallest absolute Gasteiger partial charge is 0.286 e. The van der Waals surface area contributed by atoms with Crippen LogP contribution in [-0.4, -0.2) is 31.4 Å². The molecule has 6 nitrogen and oxygen atoms in total. The van der Waals surface area contributed by atoms with Crippen molar-refractivity contribution in [2.45, 2.75) is 0 Å². The third-order valence-corrected chi connectivity index (χ3v) is 4.62. The van der Waals surface area contributed by atoms with Crippen LogP contribution < -0.4 is 19.9 Å². The van der Waals surface area contributed by atoms with E-state index in [1.54, 1.807) is 18.2 Å². The molecule has 0 radical (unpaired) electrons. The topological polar surface area (TPSA) is 83.1 Å². The Labute approximate surface area is 166 Å². The van der Waals surface area contributed by atoms with E-state index in [4.69, 9.17) is 31.5 Å². The Morgan fingerprint density at radius 2 is 1.93 bits per heavy atom. The van der Waals surface area contributed by atoms with Crippen LogP contribution in [-0.2, 0) is 4.79 Å². The lowest BCUT2D eigenvalue weighted by molar-refractivity contribution is -0.113. The molecule has 0 aromatic heterocycles. The van der Waals surface area contributed by atoms with Crippen LogP contribution in [0.1, 0.15) is 5.56 Å². The van der Waals surface area contributed by atoms with Crippen molar-refractivity contribution in [2.24, 2.45) is 10.7 Å². The molecule has 2 aromatic carbocycles. The van der Waals surface area contributed by atoms with E-state index in [-0.39, 0.29) is 11.1 Å². The number of nitrogens with zero attached hydrogens (tertiary/aromatic N) is 1. The monoisotopic (exact) mass is 404 g/mol. The number of methoxy groups -OCH3 is 1. The predicted octanol–water partition coefficient (Wildman–Crippen LogP) is 3.74. The standard InChI is InChI=1S/C19H17ClN2O4S/c1-24-15-10-12(11-16-18(23)22-19(21)27-16)9-14(20)17(15)26-8-7-25-13-5-3-2-4-6-13/h2-6,9-11H,7-8H2,1H3,(H2,21,22,23). The normalized spacial score (nSPS) is 15.0. The van der Waals surface area contributed by atoms with Crippen molar-refractivity contribution in [3.8, 4) is 17.2 Å². The second-order valence-corrected chi connectivity index (χ2v) is 6.88. The maximum Gasteiger partial charge on any atom is 0.286 e. The first-order valence-electron chi connectivity index (χ1n) is 8.03. The van der Waals surface area contributed by atoms with Crippen LogP contribution in [0.4, 0.5) is 0 Å². The van der Waals surface area contributed by atoms with E-state index >= 15 is 0 Å². The van der Waals surface area contributed by atoms with Gasteiger partial charge in [-0.1, -0.05) is 29.8 Å². The van der Waals surface area contributed by atoms with E-state index < -0.39 is 0 Å². The number of para-hydroxylation sites is 1. The number of ether oxygens (including phenoxy) is 3. The Balaban J connectivity index is 1.67. The third-order valence-electron chi connectivity index (χ3n) is 3.53. The van der Waals surface area contributed by atoms with Gasteiger partial charge in [0, 0.05) is 0 Å². The van der Waals surface area contributed by atoms with Gasteiger partial charge in [-0.15, -0.1) is 0 Å². The van der Waals surface area contributed by atoms with E-state index in [0.717, 1.165) is 17.5 Å². The van der Waals surface area contributed by atoms with Crippen molar-refractivity contribution in [3.63, 3.8) is 0 Å². The molecule has 2 N–H and O–H groups in total. The second-order valence-electron chi connectivity index (χ2n) is 5.41. The number of rotatable bonds is 7. The Kier molecular flexibility index (Phi) is 6.26. The molecule has 1 aliphatic rings. The van der Waals surface area contributed by atoms with Gasteiger partial charge in [0.15, 0.2) is 16.7 Å². The molecule has 0 atom stereocenters. The summed E-state index contributed by atoms with van der Waals surface area (Å²) < 4.78 is 16.7. The molecule has 27 heavy (non-hydrogen) atoms. The zero-order chi connectivity index (χ0) is 19.2. The van der Waals surface area contributed by atoms with E-state index in [0.29, 0.717) is 40.2 Å². The number of benzene rings is 2. The molecule has 1 aliphatic heterocycles. The van der Waals surface area contributed by atoms with Gasteiger partial charge in [0.05, 0.1) is 17.0 Å². The van der Waals surface area contributed by atoms with E-state index in [1.807, 2.05) is 30.3 Å². The van der Waals surface area contributed by atoms with E-state index in [1.165, 1.54) is 7.11 Å². The number of amidine groups is 1. The minimum absolute atomic E-state index is 0.225. The molecule has 0 aliphatic carbocycles. The highest BCUT2D eigenvalue weighted by Gasteiger charge is 2.20. The van der Waals surface area contributed by atoms with Gasteiger partial charge in [0.1, 0.15) is 19.0 Å². The Bertz CT molecular complexity index is 900. The van der Waals surface area contributed by atoms with Crippen molar-refractivity contribution in [1.29, 1.82) is 0 Å². The van der Waals surface area contributed by atoms with Crippen molar-refractivity contribution in [3.05, 3.63) is 58.0 Å². The van der Waals surface area contributed by atoms with Crippen LogP contribution in [0.2, 0.25) is 5.02 Å². The molecule has 0 saturated carbocycles. The summed E-state index contributed by atoms with van der Waals surface area (Å²) in [7, 11) is 1.52. The number of carbonyl (C=O) groups excluding carboxylic acids is 1. The Morgan fingerprint density at radius 1 is 1.19 bits per heavy atom. The molecule has 140 valence electrons. The molecule has 0 spiro atoms. The van der Waals surface area contributed by atoms with Crippen molar-refractivity contribution < 1.29 is 19.0 Å². The van der Waals surface area contributed by atoms with Crippen LogP contribution in [0.25, 0.3) is 6.08 Å². The summed E-state index contributed by atoms with van der Waals surface area (Å²) in [6.07, 6.45) is 1.66. The minimum Gasteiger partial charge on any atom is -0.493 e. The number of amides is 1. The van der Waals surface area contributed by atoms with Crippen LogP contribution in [0.5, 0.6) is 17.2 Å². The predicted molar refractivity (Wildman–Crippen MR) is 108 cm³/mol. The summed E-state index contributed by atoms with van der Waals surface area (Å²) in [5.74, 6) is 1.27. The molecule has 2 aromatic rings. The molecule has 0 unspecified atom stereocenters. The molecular formula is C19H17ClN2O4S. The first kappa shape index (κ1) is 19.1. The quantitative estimate of drug-likeness (QED) is 0.559. The summed E-state index contributed by atoms with van der Waals surface area (Å²) in [6.45, 7) is 0.654. The van der Waals surface area contributed by atoms with Gasteiger partial charge >= 0.3 is 0 Å². The third kappa shape index (κ3) is 4.96. The van der Waals surface area contributed by atoms with Gasteiger partial charge in [-0.05, 0) is 47.7 Å². The van der Waals surface area contributed by atoms with E-state index in [9.17, 15) is 4.79 Å². The number of hydrogen-bond acceptors (Lipinski definition) is 6. The van der Waals surface area contributed by atoms with Crippen LogP contribution in [0.3, 0.4) is 0 Å². The molecule has 0 bridgehead atoms. The van der Waals surface area contributed by atoms with Crippen molar-refractivity contribution in [2.75, 3.05) is 20.3 Å². The molecule has 1 heterocycles. The number of aliphatic imine (C=N–C) groups is 1. The van der Waals surface area contributed by atoms with E-state index in [2.05, 4.69) is 4.99 Å². The molecule has 8 heteroatoms. The maximum absolute atomic E-state index is 11.7. The molecule has 3 rings (SSSR count). The summed E-state index contributed by atoms with van der Waals surface area (Å²) in [4.78, 5) is 15.8. The number of nitrogens with two attached hydrogens (primary N) is 1. The highest BCUT2D eigenvalue weighted by Crippen LogP contribution is 2.38. The van der Waals surface area contributed by atoms with Crippen LogP contribution >= 0.6 is 23.4 Å². The van der Waals surface area contributed by atoms with Gasteiger partial charge in [-0.2, -0.15) is 4.99 Å². The highest BCUT2D eigenvalue weighted by molar-refractivity contribution is 8.18. The zero-order valence-electron chi connectivity index (χ0n) is 14.5. The zero-order valence-corrected chi connectivity index (χ0v) is 16.0. The highest BCUT2D eigenvalue weighted by atomic mass is 35.5. The number of thioether (sulfide) groups is 1. The number of halogens is 1. The first-order chi connectivity index (χ1) is 13.1. The van der Waals surface area contributed by atoms with Crippen LogP contribution in [0.15, 0.2) is 52.4 Å².